The summed E-state index contributed by atoms with van der Waals surface area (Å²) in [5.41, 5.74) is 2.16. The number of benzene rings is 2. The van der Waals surface area contributed by atoms with Crippen LogP contribution in [-0.4, -0.2) is 24.9 Å². The fourth-order valence-electron chi connectivity index (χ4n) is 2.33. The van der Waals surface area contributed by atoms with Gasteiger partial charge in [-0.1, -0.05) is 42.5 Å². The minimum Gasteiger partial charge on any atom is -0.493 e. The molecule has 0 aliphatic carbocycles. The van der Waals surface area contributed by atoms with Crippen molar-refractivity contribution in [2.24, 2.45) is 0 Å². The fourth-order valence-corrected chi connectivity index (χ4v) is 2.33. The maximum Gasteiger partial charge on any atom is 0.166 e. The summed E-state index contributed by atoms with van der Waals surface area (Å²) in [7, 11) is 1.65. The third-order valence-electron chi connectivity index (χ3n) is 3.71. The molecule has 0 heterocycles. The summed E-state index contributed by atoms with van der Waals surface area (Å²) < 4.78 is 11.5. The van der Waals surface area contributed by atoms with E-state index in [1.807, 2.05) is 48.5 Å². The molecule has 0 unspecified atom stereocenters. The second kappa shape index (κ2) is 9.18. The molecule has 0 aromatic heterocycles. The lowest BCUT2D eigenvalue weighted by Gasteiger charge is -2.17. The molecule has 0 spiro atoms. The minimum atomic E-state index is 0.184. The van der Waals surface area contributed by atoms with Gasteiger partial charge in [-0.25, -0.2) is 0 Å². The molecule has 124 valence electrons. The molecule has 2 rings (SSSR count). The van der Waals surface area contributed by atoms with Crippen molar-refractivity contribution < 1.29 is 14.6 Å². The summed E-state index contributed by atoms with van der Waals surface area (Å²) in [6, 6.07) is 16.2. The Bertz CT molecular complexity index is 586. The second-order valence-corrected chi connectivity index (χ2v) is 5.52. The first kappa shape index (κ1) is 17.3. The van der Waals surface area contributed by atoms with E-state index in [2.05, 4.69) is 12.2 Å². The molecular weight excluding hydrogens is 290 g/mol. The average Bonchev–Trinajstić information content (AvgIpc) is 2.59. The summed E-state index contributed by atoms with van der Waals surface area (Å²) >= 11 is 0. The van der Waals surface area contributed by atoms with Gasteiger partial charge in [0.05, 0.1) is 7.11 Å². The van der Waals surface area contributed by atoms with Gasteiger partial charge >= 0.3 is 0 Å². The second-order valence-electron chi connectivity index (χ2n) is 5.52. The van der Waals surface area contributed by atoms with Crippen LogP contribution in [0.5, 0.6) is 11.5 Å². The van der Waals surface area contributed by atoms with Crippen LogP contribution in [-0.2, 0) is 13.2 Å². The molecule has 0 aliphatic heterocycles. The van der Waals surface area contributed by atoms with Crippen LogP contribution in [0.3, 0.4) is 0 Å². The number of methoxy groups -OCH3 is 1. The van der Waals surface area contributed by atoms with E-state index >= 15 is 0 Å². The highest BCUT2D eigenvalue weighted by atomic mass is 16.5. The Balaban J connectivity index is 2.08. The van der Waals surface area contributed by atoms with Crippen LogP contribution in [0.4, 0.5) is 0 Å². The summed E-state index contributed by atoms with van der Waals surface area (Å²) in [6.45, 7) is 3.41. The van der Waals surface area contributed by atoms with E-state index in [4.69, 9.17) is 14.6 Å². The van der Waals surface area contributed by atoms with Crippen LogP contribution in [0.15, 0.2) is 48.5 Å². The molecule has 4 nitrogen and oxygen atoms in total. The molecular formula is C19H25NO3. The number of nitrogens with one attached hydrogen (secondary N) is 1. The Morgan fingerprint density at radius 2 is 1.87 bits per heavy atom. The van der Waals surface area contributed by atoms with Crippen LogP contribution in [0, 0.1) is 0 Å². The van der Waals surface area contributed by atoms with Crippen LogP contribution < -0.4 is 14.8 Å². The van der Waals surface area contributed by atoms with E-state index in [1.165, 1.54) is 0 Å². The lowest BCUT2D eigenvalue weighted by Crippen LogP contribution is -2.26. The Kier molecular flexibility index (Phi) is 6.91. The van der Waals surface area contributed by atoms with Gasteiger partial charge in [-0.15, -0.1) is 0 Å². The van der Waals surface area contributed by atoms with Gasteiger partial charge < -0.3 is 19.9 Å². The molecule has 0 aliphatic rings. The normalized spacial score (nSPS) is 12.0. The Morgan fingerprint density at radius 1 is 1.09 bits per heavy atom. The van der Waals surface area contributed by atoms with Crippen molar-refractivity contribution in [3.8, 4) is 11.5 Å². The molecule has 0 amide bonds. The first-order valence-electron chi connectivity index (χ1n) is 7.91. The third kappa shape index (κ3) is 5.27. The molecule has 0 saturated heterocycles. The van der Waals surface area contributed by atoms with Crippen LogP contribution in [0.25, 0.3) is 0 Å². The molecule has 0 fully saturated rings. The van der Waals surface area contributed by atoms with Crippen molar-refractivity contribution in [1.82, 2.24) is 5.32 Å². The standard InChI is InChI=1S/C19H25NO3/c1-15(11-12-21)20-13-17-9-6-10-18(22-2)19(17)23-14-16-7-4-3-5-8-16/h3-10,15,20-21H,11-14H2,1-2H3/t15-/m0/s1. The lowest BCUT2D eigenvalue weighted by molar-refractivity contribution is 0.266. The SMILES string of the molecule is COc1cccc(CN[C@@H](C)CCO)c1OCc1ccccc1. The van der Waals surface area contributed by atoms with E-state index in [0.717, 1.165) is 29.0 Å². The minimum absolute atomic E-state index is 0.184. The number of aliphatic hydroxyl groups excluding tert-OH is 1. The zero-order chi connectivity index (χ0) is 16.5. The van der Waals surface area contributed by atoms with Crippen LogP contribution in [0.1, 0.15) is 24.5 Å². The topological polar surface area (TPSA) is 50.7 Å². The largest absolute Gasteiger partial charge is 0.493 e. The van der Waals surface area contributed by atoms with E-state index in [0.29, 0.717) is 13.2 Å². The molecule has 2 N–H and O–H groups in total. The van der Waals surface area contributed by atoms with Crippen molar-refractivity contribution in [2.45, 2.75) is 32.5 Å². The summed E-state index contributed by atoms with van der Waals surface area (Å²) in [5, 5.41) is 12.4. The van der Waals surface area contributed by atoms with Gasteiger partial charge in [-0.2, -0.15) is 0 Å². The van der Waals surface area contributed by atoms with E-state index in [9.17, 15) is 0 Å². The van der Waals surface area contributed by atoms with Gasteiger partial charge in [0, 0.05) is 24.8 Å². The van der Waals surface area contributed by atoms with Crippen molar-refractivity contribution in [2.75, 3.05) is 13.7 Å². The zero-order valence-corrected chi connectivity index (χ0v) is 13.8. The maximum atomic E-state index is 9.00. The predicted octanol–water partition coefficient (Wildman–Crippen LogP) is 3.13. The van der Waals surface area contributed by atoms with Gasteiger partial charge in [0.15, 0.2) is 11.5 Å². The van der Waals surface area contributed by atoms with Crippen molar-refractivity contribution in [3.05, 3.63) is 59.7 Å². The number of ether oxygens (including phenoxy) is 2. The number of para-hydroxylation sites is 1. The Morgan fingerprint density at radius 3 is 2.57 bits per heavy atom. The molecule has 0 bridgehead atoms. The van der Waals surface area contributed by atoms with Gasteiger partial charge in [0.2, 0.25) is 0 Å². The Hall–Kier alpha value is -2.04. The highest BCUT2D eigenvalue weighted by Gasteiger charge is 2.12. The van der Waals surface area contributed by atoms with Gasteiger partial charge in [-0.3, -0.25) is 0 Å². The van der Waals surface area contributed by atoms with Gasteiger partial charge in [0.25, 0.3) is 0 Å². The van der Waals surface area contributed by atoms with E-state index in [-0.39, 0.29) is 12.6 Å². The van der Waals surface area contributed by atoms with E-state index in [1.54, 1.807) is 7.11 Å². The summed E-state index contributed by atoms with van der Waals surface area (Å²) in [6.07, 6.45) is 0.726. The highest BCUT2D eigenvalue weighted by molar-refractivity contribution is 5.46. The third-order valence-corrected chi connectivity index (χ3v) is 3.71. The Labute approximate surface area is 138 Å². The van der Waals surface area contributed by atoms with Crippen molar-refractivity contribution in [1.29, 1.82) is 0 Å². The van der Waals surface area contributed by atoms with Crippen molar-refractivity contribution in [3.63, 3.8) is 0 Å². The molecule has 2 aromatic carbocycles. The van der Waals surface area contributed by atoms with Gasteiger partial charge in [0.1, 0.15) is 6.61 Å². The molecule has 2 aromatic rings. The first-order valence-corrected chi connectivity index (χ1v) is 7.91. The number of aliphatic hydroxyl groups is 1. The summed E-state index contributed by atoms with van der Waals surface area (Å²) in [5.74, 6) is 1.50. The van der Waals surface area contributed by atoms with Crippen LogP contribution in [0.2, 0.25) is 0 Å². The number of hydrogen-bond acceptors (Lipinski definition) is 4. The van der Waals surface area contributed by atoms with Gasteiger partial charge in [-0.05, 0) is 25.0 Å². The maximum absolute atomic E-state index is 9.00. The fraction of sp³-hybridized carbons (Fsp3) is 0.368. The first-order chi connectivity index (χ1) is 11.2. The summed E-state index contributed by atoms with van der Waals surface area (Å²) in [4.78, 5) is 0. The monoisotopic (exact) mass is 315 g/mol. The predicted molar refractivity (Wildman–Crippen MR) is 91.8 cm³/mol. The smallest absolute Gasteiger partial charge is 0.166 e. The lowest BCUT2D eigenvalue weighted by atomic mass is 10.1. The molecule has 4 heteroatoms. The quantitative estimate of drug-likeness (QED) is 0.746. The number of hydrogen-bond donors (Lipinski definition) is 2. The van der Waals surface area contributed by atoms with Crippen molar-refractivity contribution >= 4 is 0 Å². The molecule has 0 saturated carbocycles. The molecule has 1 atom stereocenters. The highest BCUT2D eigenvalue weighted by Crippen LogP contribution is 2.31. The zero-order valence-electron chi connectivity index (χ0n) is 13.8. The van der Waals surface area contributed by atoms with E-state index < -0.39 is 0 Å². The van der Waals surface area contributed by atoms with Crippen LogP contribution >= 0.6 is 0 Å². The molecule has 0 radical (unpaired) electrons. The number of rotatable bonds is 9. The molecule has 23 heavy (non-hydrogen) atoms. The average molecular weight is 315 g/mol.